The Labute approximate surface area is 168 Å². The molecule has 2 aromatic carbocycles. The summed E-state index contributed by atoms with van der Waals surface area (Å²) in [5, 5.41) is 3.03. The monoisotopic (exact) mass is 380 g/mol. The number of amides is 2. The van der Waals surface area contributed by atoms with Crippen molar-refractivity contribution in [1.29, 1.82) is 0 Å². The number of anilines is 3. The lowest BCUT2D eigenvalue weighted by Crippen LogP contribution is -2.50. The molecular weight excluding hydrogens is 348 g/mol. The summed E-state index contributed by atoms with van der Waals surface area (Å²) in [7, 11) is 0. The SMILES string of the molecule is CCN(CC)c1ccc(NC(=O)N2CCN(c3ccc(C)c(C)c3)CC2)cc1. The predicted molar refractivity (Wildman–Crippen MR) is 119 cm³/mol. The van der Waals surface area contributed by atoms with Crippen LogP contribution in [0.25, 0.3) is 0 Å². The summed E-state index contributed by atoms with van der Waals surface area (Å²) in [6.07, 6.45) is 0. The predicted octanol–water partition coefficient (Wildman–Crippen LogP) is 4.50. The van der Waals surface area contributed by atoms with E-state index in [1.807, 2.05) is 17.0 Å². The van der Waals surface area contributed by atoms with E-state index < -0.39 is 0 Å². The molecule has 3 rings (SSSR count). The van der Waals surface area contributed by atoms with Gasteiger partial charge in [0.2, 0.25) is 0 Å². The molecule has 0 aliphatic carbocycles. The fourth-order valence-electron chi connectivity index (χ4n) is 3.64. The number of benzene rings is 2. The third-order valence-electron chi connectivity index (χ3n) is 5.67. The summed E-state index contributed by atoms with van der Waals surface area (Å²) in [5.41, 5.74) is 5.90. The quantitative estimate of drug-likeness (QED) is 0.830. The number of piperazine rings is 1. The van der Waals surface area contributed by atoms with Gasteiger partial charge in [-0.25, -0.2) is 4.79 Å². The van der Waals surface area contributed by atoms with Crippen molar-refractivity contribution in [2.24, 2.45) is 0 Å². The Kier molecular flexibility index (Phi) is 6.45. The molecule has 2 amide bonds. The van der Waals surface area contributed by atoms with E-state index >= 15 is 0 Å². The number of nitrogens with one attached hydrogen (secondary N) is 1. The number of rotatable bonds is 5. The van der Waals surface area contributed by atoms with Crippen LogP contribution >= 0.6 is 0 Å². The van der Waals surface area contributed by atoms with E-state index in [0.29, 0.717) is 0 Å². The van der Waals surface area contributed by atoms with Crippen molar-refractivity contribution in [1.82, 2.24) is 4.90 Å². The normalized spacial score (nSPS) is 14.1. The topological polar surface area (TPSA) is 38.8 Å². The molecule has 1 heterocycles. The van der Waals surface area contributed by atoms with E-state index in [1.54, 1.807) is 0 Å². The second-order valence-corrected chi connectivity index (χ2v) is 7.39. The Morgan fingerprint density at radius 3 is 2.14 bits per heavy atom. The minimum atomic E-state index is -0.0182. The van der Waals surface area contributed by atoms with Gasteiger partial charge in [0, 0.05) is 56.3 Å². The van der Waals surface area contributed by atoms with Gasteiger partial charge in [-0.1, -0.05) is 6.07 Å². The van der Waals surface area contributed by atoms with Crippen molar-refractivity contribution < 1.29 is 4.79 Å². The van der Waals surface area contributed by atoms with Crippen LogP contribution in [-0.4, -0.2) is 50.2 Å². The summed E-state index contributed by atoms with van der Waals surface area (Å²) in [6.45, 7) is 13.7. The second kappa shape index (κ2) is 9.00. The minimum Gasteiger partial charge on any atom is -0.372 e. The summed E-state index contributed by atoms with van der Waals surface area (Å²) in [4.78, 5) is 19.2. The zero-order chi connectivity index (χ0) is 20.1. The van der Waals surface area contributed by atoms with Gasteiger partial charge in [-0.15, -0.1) is 0 Å². The van der Waals surface area contributed by atoms with Crippen LogP contribution in [0.4, 0.5) is 21.9 Å². The van der Waals surface area contributed by atoms with Gasteiger partial charge in [0.1, 0.15) is 0 Å². The summed E-state index contributed by atoms with van der Waals surface area (Å²) in [6, 6.07) is 14.7. The van der Waals surface area contributed by atoms with Crippen LogP contribution in [-0.2, 0) is 0 Å². The van der Waals surface area contributed by atoms with Crippen LogP contribution in [0.5, 0.6) is 0 Å². The van der Waals surface area contributed by atoms with Crippen molar-refractivity contribution in [2.45, 2.75) is 27.7 Å². The lowest BCUT2D eigenvalue weighted by molar-refractivity contribution is 0.208. The molecule has 150 valence electrons. The van der Waals surface area contributed by atoms with Gasteiger partial charge in [-0.2, -0.15) is 0 Å². The van der Waals surface area contributed by atoms with Crippen LogP contribution in [0.3, 0.4) is 0 Å². The first kappa shape index (κ1) is 20.1. The van der Waals surface area contributed by atoms with Crippen molar-refractivity contribution in [3.05, 3.63) is 53.6 Å². The van der Waals surface area contributed by atoms with Crippen molar-refractivity contribution in [2.75, 3.05) is 54.4 Å². The number of carbonyl (C=O) groups excluding carboxylic acids is 1. The Morgan fingerprint density at radius 2 is 1.57 bits per heavy atom. The second-order valence-electron chi connectivity index (χ2n) is 7.39. The molecule has 5 nitrogen and oxygen atoms in total. The molecule has 0 radical (unpaired) electrons. The molecule has 1 N–H and O–H groups in total. The van der Waals surface area contributed by atoms with Gasteiger partial charge >= 0.3 is 6.03 Å². The molecular formula is C23H32N4O. The molecule has 0 atom stereocenters. The molecule has 0 unspecified atom stereocenters. The third-order valence-corrected chi connectivity index (χ3v) is 5.67. The summed E-state index contributed by atoms with van der Waals surface area (Å²) >= 11 is 0. The highest BCUT2D eigenvalue weighted by molar-refractivity contribution is 5.89. The molecule has 0 aromatic heterocycles. The average Bonchev–Trinajstić information content (AvgIpc) is 2.72. The molecule has 1 saturated heterocycles. The molecule has 1 aliphatic heterocycles. The largest absolute Gasteiger partial charge is 0.372 e. The highest BCUT2D eigenvalue weighted by Crippen LogP contribution is 2.21. The minimum absolute atomic E-state index is 0.0182. The van der Waals surface area contributed by atoms with Crippen LogP contribution in [0.2, 0.25) is 0 Å². The maximum atomic E-state index is 12.6. The average molecular weight is 381 g/mol. The molecule has 0 saturated carbocycles. The Morgan fingerprint density at radius 1 is 0.929 bits per heavy atom. The number of hydrogen-bond donors (Lipinski definition) is 1. The standard InChI is InChI=1S/C23H32N4O/c1-5-25(6-2)21-11-8-20(9-12-21)24-23(28)27-15-13-26(14-16-27)22-10-7-18(3)19(4)17-22/h7-12,17H,5-6,13-16H2,1-4H3,(H,24,28). The summed E-state index contributed by atoms with van der Waals surface area (Å²) in [5.74, 6) is 0. The highest BCUT2D eigenvalue weighted by atomic mass is 16.2. The first-order valence-corrected chi connectivity index (χ1v) is 10.2. The van der Waals surface area contributed by atoms with E-state index in [0.717, 1.165) is 45.0 Å². The number of aryl methyl sites for hydroxylation is 2. The fraction of sp³-hybridized carbons (Fsp3) is 0.435. The zero-order valence-corrected chi connectivity index (χ0v) is 17.5. The van der Waals surface area contributed by atoms with E-state index in [1.165, 1.54) is 22.5 Å². The van der Waals surface area contributed by atoms with Gasteiger partial charge in [0.05, 0.1) is 0 Å². The molecule has 2 aromatic rings. The van der Waals surface area contributed by atoms with Crippen molar-refractivity contribution in [3.8, 4) is 0 Å². The lowest BCUT2D eigenvalue weighted by Gasteiger charge is -2.36. The molecule has 28 heavy (non-hydrogen) atoms. The lowest BCUT2D eigenvalue weighted by atomic mass is 10.1. The number of hydrogen-bond acceptors (Lipinski definition) is 3. The Balaban J connectivity index is 1.54. The van der Waals surface area contributed by atoms with Gasteiger partial charge in [0.25, 0.3) is 0 Å². The number of nitrogens with zero attached hydrogens (tertiary/aromatic N) is 3. The van der Waals surface area contributed by atoms with E-state index in [2.05, 4.69) is 73.1 Å². The van der Waals surface area contributed by atoms with Crippen LogP contribution < -0.4 is 15.1 Å². The zero-order valence-electron chi connectivity index (χ0n) is 17.5. The first-order valence-electron chi connectivity index (χ1n) is 10.2. The van der Waals surface area contributed by atoms with Crippen LogP contribution in [0.15, 0.2) is 42.5 Å². The molecule has 1 aliphatic rings. The molecule has 0 bridgehead atoms. The van der Waals surface area contributed by atoms with Gasteiger partial charge < -0.3 is 20.0 Å². The van der Waals surface area contributed by atoms with Gasteiger partial charge in [-0.05, 0) is 75.2 Å². The van der Waals surface area contributed by atoms with Crippen LogP contribution in [0, 0.1) is 13.8 Å². The number of urea groups is 1. The maximum absolute atomic E-state index is 12.6. The van der Waals surface area contributed by atoms with E-state index in [4.69, 9.17) is 0 Å². The van der Waals surface area contributed by atoms with E-state index in [-0.39, 0.29) is 6.03 Å². The van der Waals surface area contributed by atoms with Crippen molar-refractivity contribution >= 4 is 23.1 Å². The highest BCUT2D eigenvalue weighted by Gasteiger charge is 2.21. The molecule has 0 spiro atoms. The van der Waals surface area contributed by atoms with Gasteiger partial charge in [0.15, 0.2) is 0 Å². The van der Waals surface area contributed by atoms with Crippen molar-refractivity contribution in [3.63, 3.8) is 0 Å². The molecule has 5 heteroatoms. The maximum Gasteiger partial charge on any atom is 0.321 e. The smallest absolute Gasteiger partial charge is 0.321 e. The first-order chi connectivity index (χ1) is 13.5. The Hall–Kier alpha value is -2.69. The van der Waals surface area contributed by atoms with Crippen LogP contribution in [0.1, 0.15) is 25.0 Å². The summed E-state index contributed by atoms with van der Waals surface area (Å²) < 4.78 is 0. The third kappa shape index (κ3) is 4.58. The fourth-order valence-corrected chi connectivity index (χ4v) is 3.64. The Bertz CT molecular complexity index is 791. The number of carbonyl (C=O) groups is 1. The van der Waals surface area contributed by atoms with E-state index in [9.17, 15) is 4.79 Å². The molecule has 1 fully saturated rings. The van der Waals surface area contributed by atoms with Gasteiger partial charge in [-0.3, -0.25) is 0 Å².